The molecule has 1 aromatic rings. The molecule has 1 heterocycles. The largest absolute Gasteiger partial charge is 0.468 e. The molecule has 1 saturated heterocycles. The molecule has 0 unspecified atom stereocenters. The molecule has 2 aliphatic rings. The third-order valence-corrected chi connectivity index (χ3v) is 6.35. The number of ether oxygens (including phenoxy) is 1. The number of esters is 1. The molecule has 154 valence electrons. The second-order valence-electron chi connectivity index (χ2n) is 8.24. The van der Waals surface area contributed by atoms with Crippen LogP contribution in [0.15, 0.2) is 30.3 Å². The molecule has 0 bridgehead atoms. The lowest BCUT2D eigenvalue weighted by Crippen LogP contribution is -2.52. The van der Waals surface area contributed by atoms with Crippen molar-refractivity contribution in [2.45, 2.75) is 56.7 Å². The van der Waals surface area contributed by atoms with E-state index in [1.807, 2.05) is 6.07 Å². The molecule has 1 aliphatic heterocycles. The van der Waals surface area contributed by atoms with Crippen molar-refractivity contribution in [3.05, 3.63) is 35.9 Å². The van der Waals surface area contributed by atoms with Crippen molar-refractivity contribution in [3.63, 3.8) is 0 Å². The average molecular weight is 388 g/mol. The zero-order chi connectivity index (χ0) is 20.0. The van der Waals surface area contributed by atoms with Gasteiger partial charge in [0.2, 0.25) is 0 Å². The van der Waals surface area contributed by atoms with Crippen LogP contribution in [0, 0.1) is 5.92 Å². The normalized spacial score (nSPS) is 28.6. The Morgan fingerprint density at radius 2 is 1.96 bits per heavy atom. The fraction of sp³-hybridized carbons (Fsp3) is 0.636. The van der Waals surface area contributed by atoms with Crippen molar-refractivity contribution in [1.82, 2.24) is 10.2 Å². The molecule has 6 nitrogen and oxygen atoms in total. The first-order valence-corrected chi connectivity index (χ1v) is 10.4. The molecule has 6 heteroatoms. The van der Waals surface area contributed by atoms with Gasteiger partial charge in [0.25, 0.3) is 0 Å². The van der Waals surface area contributed by atoms with Gasteiger partial charge in [-0.3, -0.25) is 14.5 Å². The van der Waals surface area contributed by atoms with E-state index in [1.54, 1.807) is 0 Å². The fourth-order valence-corrected chi connectivity index (χ4v) is 4.49. The third kappa shape index (κ3) is 5.19. The summed E-state index contributed by atoms with van der Waals surface area (Å²) < 4.78 is 4.81. The zero-order valence-corrected chi connectivity index (χ0v) is 16.9. The molecule has 2 fully saturated rings. The van der Waals surface area contributed by atoms with E-state index in [0.29, 0.717) is 43.9 Å². The number of Topliss-reactive ketones (excluding diaryl/α,β-unsaturated/α-hetero) is 1. The first-order valence-electron chi connectivity index (χ1n) is 10.4. The summed E-state index contributed by atoms with van der Waals surface area (Å²) in [5.74, 6) is -0.0131. The maximum atomic E-state index is 12.8. The number of hydrogen-bond acceptors (Lipinski definition) is 6. The monoisotopic (exact) mass is 387 g/mol. The lowest BCUT2D eigenvalue weighted by atomic mass is 9.75. The van der Waals surface area contributed by atoms with E-state index in [4.69, 9.17) is 10.5 Å². The number of carbonyl (C=O) groups is 2. The van der Waals surface area contributed by atoms with E-state index in [2.05, 4.69) is 34.5 Å². The second-order valence-corrected chi connectivity index (χ2v) is 8.24. The van der Waals surface area contributed by atoms with Crippen LogP contribution in [0.5, 0.6) is 0 Å². The predicted molar refractivity (Wildman–Crippen MR) is 109 cm³/mol. The lowest BCUT2D eigenvalue weighted by molar-refractivity contribution is -0.149. The van der Waals surface area contributed by atoms with Crippen molar-refractivity contribution in [2.75, 3.05) is 26.7 Å². The van der Waals surface area contributed by atoms with Crippen molar-refractivity contribution >= 4 is 11.8 Å². The van der Waals surface area contributed by atoms with Gasteiger partial charge in [-0.2, -0.15) is 0 Å². The number of benzene rings is 1. The summed E-state index contributed by atoms with van der Waals surface area (Å²) in [6, 6.07) is 10.9. The maximum absolute atomic E-state index is 12.8. The number of ketones is 1. The quantitative estimate of drug-likeness (QED) is 0.695. The van der Waals surface area contributed by atoms with Crippen molar-refractivity contribution < 1.29 is 14.3 Å². The summed E-state index contributed by atoms with van der Waals surface area (Å²) in [5.41, 5.74) is 6.56. The van der Waals surface area contributed by atoms with Gasteiger partial charge in [-0.25, -0.2) is 0 Å². The Balaban J connectivity index is 1.48. The fourth-order valence-electron chi connectivity index (χ4n) is 4.49. The minimum Gasteiger partial charge on any atom is -0.468 e. The molecule has 0 radical (unpaired) electrons. The molecule has 28 heavy (non-hydrogen) atoms. The number of nitrogens with two attached hydrogens (primary N) is 1. The summed E-state index contributed by atoms with van der Waals surface area (Å²) in [7, 11) is 1.37. The highest BCUT2D eigenvalue weighted by atomic mass is 16.5. The van der Waals surface area contributed by atoms with E-state index in [-0.39, 0.29) is 11.9 Å². The van der Waals surface area contributed by atoms with Crippen molar-refractivity contribution in [1.29, 1.82) is 0 Å². The van der Waals surface area contributed by atoms with E-state index < -0.39 is 5.54 Å². The Morgan fingerprint density at radius 3 is 2.64 bits per heavy atom. The van der Waals surface area contributed by atoms with Crippen LogP contribution >= 0.6 is 0 Å². The van der Waals surface area contributed by atoms with Gasteiger partial charge in [0.15, 0.2) is 0 Å². The van der Waals surface area contributed by atoms with Crippen LogP contribution in [-0.4, -0.2) is 55.0 Å². The number of carbonyl (C=O) groups excluding carboxylic acids is 2. The second kappa shape index (κ2) is 9.63. The van der Waals surface area contributed by atoms with Gasteiger partial charge in [0.1, 0.15) is 11.3 Å². The molecule has 1 saturated carbocycles. The van der Waals surface area contributed by atoms with Gasteiger partial charge in [0, 0.05) is 44.6 Å². The van der Waals surface area contributed by atoms with Gasteiger partial charge in [-0.05, 0) is 37.7 Å². The first kappa shape index (κ1) is 21.0. The van der Waals surface area contributed by atoms with Gasteiger partial charge in [0.05, 0.1) is 7.11 Å². The molecule has 0 amide bonds. The highest BCUT2D eigenvalue weighted by molar-refractivity contribution is 5.83. The Bertz CT molecular complexity index is 656. The zero-order valence-electron chi connectivity index (χ0n) is 16.9. The third-order valence-electron chi connectivity index (χ3n) is 6.35. The van der Waals surface area contributed by atoms with Gasteiger partial charge >= 0.3 is 5.97 Å². The van der Waals surface area contributed by atoms with Crippen LogP contribution in [-0.2, 0) is 20.9 Å². The Hall–Kier alpha value is -1.76. The van der Waals surface area contributed by atoms with Crippen LogP contribution in [0.3, 0.4) is 0 Å². The van der Waals surface area contributed by atoms with Crippen molar-refractivity contribution in [2.24, 2.45) is 11.7 Å². The smallest absolute Gasteiger partial charge is 0.325 e. The molecule has 0 spiro atoms. The lowest BCUT2D eigenvalue weighted by Gasteiger charge is -2.37. The maximum Gasteiger partial charge on any atom is 0.325 e. The Kier molecular flexibility index (Phi) is 7.21. The summed E-state index contributed by atoms with van der Waals surface area (Å²) in [6.07, 6.45) is 3.89. The number of methoxy groups -OCH3 is 1. The topological polar surface area (TPSA) is 84.7 Å². The molecule has 1 aliphatic carbocycles. The van der Waals surface area contributed by atoms with E-state index in [1.165, 1.54) is 12.7 Å². The first-order chi connectivity index (χ1) is 13.5. The highest BCUT2D eigenvalue weighted by Crippen LogP contribution is 2.33. The molecule has 3 N–H and O–H groups in total. The molecule has 3 rings (SSSR count). The molecule has 1 atom stereocenters. The van der Waals surface area contributed by atoms with Crippen LogP contribution in [0.1, 0.15) is 44.1 Å². The summed E-state index contributed by atoms with van der Waals surface area (Å²) in [6.45, 7) is 3.86. The van der Waals surface area contributed by atoms with Gasteiger partial charge in [-0.15, -0.1) is 0 Å². The predicted octanol–water partition coefficient (Wildman–Crippen LogP) is 1.87. The van der Waals surface area contributed by atoms with Crippen LogP contribution in [0.2, 0.25) is 0 Å². The number of nitrogens with zero attached hydrogens (tertiary/aromatic N) is 1. The standard InChI is InChI=1S/C22H33N3O3/c1-28-21(27)22(23)11-9-18(10-12-22)20(26)8-7-19-15-24-13-14-25(19)16-17-5-3-2-4-6-17/h2-6,18-19,24H,7-16,23H2,1H3/t18?,19-,22?/m0/s1. The van der Waals surface area contributed by atoms with E-state index >= 15 is 0 Å². The van der Waals surface area contributed by atoms with Crippen LogP contribution < -0.4 is 11.1 Å². The van der Waals surface area contributed by atoms with E-state index in [0.717, 1.165) is 32.6 Å². The minimum atomic E-state index is -0.911. The minimum absolute atomic E-state index is 0.0282. The number of nitrogens with one attached hydrogen (secondary N) is 1. The van der Waals surface area contributed by atoms with Gasteiger partial charge in [-0.1, -0.05) is 30.3 Å². The van der Waals surface area contributed by atoms with Crippen LogP contribution in [0.4, 0.5) is 0 Å². The number of hydrogen-bond donors (Lipinski definition) is 2. The van der Waals surface area contributed by atoms with Gasteiger partial charge < -0.3 is 15.8 Å². The Morgan fingerprint density at radius 1 is 1.25 bits per heavy atom. The summed E-state index contributed by atoms with van der Waals surface area (Å²) in [4.78, 5) is 27.1. The van der Waals surface area contributed by atoms with E-state index in [9.17, 15) is 9.59 Å². The van der Waals surface area contributed by atoms with Crippen molar-refractivity contribution in [3.8, 4) is 0 Å². The number of rotatable bonds is 7. The average Bonchev–Trinajstić information content (AvgIpc) is 2.73. The molecule has 1 aromatic carbocycles. The summed E-state index contributed by atoms with van der Waals surface area (Å²) in [5, 5.41) is 3.46. The highest BCUT2D eigenvalue weighted by Gasteiger charge is 2.40. The summed E-state index contributed by atoms with van der Waals surface area (Å²) >= 11 is 0. The SMILES string of the molecule is COC(=O)C1(N)CCC(C(=O)CC[C@H]2CNCCN2Cc2ccccc2)CC1. The van der Waals surface area contributed by atoms with Crippen LogP contribution in [0.25, 0.3) is 0 Å². The molecular formula is C22H33N3O3. The Labute approximate surface area is 167 Å². The number of piperazine rings is 1. The molecule has 0 aromatic heterocycles. The molecular weight excluding hydrogens is 354 g/mol.